The van der Waals surface area contributed by atoms with Crippen LogP contribution in [0, 0.1) is 5.82 Å². The van der Waals surface area contributed by atoms with Crippen LogP contribution in [0.15, 0.2) is 36.7 Å². The molecule has 2 aromatic rings. The summed E-state index contributed by atoms with van der Waals surface area (Å²) in [5, 5.41) is 6.71. The highest BCUT2D eigenvalue weighted by atomic mass is 19.1. The van der Waals surface area contributed by atoms with Gasteiger partial charge in [-0.2, -0.15) is 5.10 Å². The number of nitrogens with one attached hydrogen (secondary N) is 1. The van der Waals surface area contributed by atoms with Crippen molar-refractivity contribution < 1.29 is 9.18 Å². The van der Waals surface area contributed by atoms with Crippen molar-refractivity contribution in [2.24, 2.45) is 0 Å². The Bertz CT molecular complexity index is 624. The van der Waals surface area contributed by atoms with Crippen LogP contribution in [0.25, 0.3) is 0 Å². The molecule has 0 saturated carbocycles. The summed E-state index contributed by atoms with van der Waals surface area (Å²) in [5.41, 5.74) is 2.17. The number of nitrogens with zero attached hydrogens (tertiary/aromatic N) is 2. The quantitative estimate of drug-likeness (QED) is 0.916. The average Bonchev–Trinajstić information content (AvgIpc) is 3.09. The molecule has 1 N–H and O–H groups in total. The number of hydrogen-bond acceptors (Lipinski definition) is 2. The van der Waals surface area contributed by atoms with Crippen molar-refractivity contribution in [2.75, 3.05) is 6.54 Å². The van der Waals surface area contributed by atoms with Crippen molar-refractivity contribution in [3.05, 3.63) is 53.6 Å². The Morgan fingerprint density at radius 2 is 2.13 bits per heavy atom. The number of aryl methyl sites for hydroxylation is 1. The van der Waals surface area contributed by atoms with E-state index in [1.165, 1.54) is 12.1 Å². The zero-order valence-electron chi connectivity index (χ0n) is 13.2. The van der Waals surface area contributed by atoms with E-state index < -0.39 is 0 Å². The fourth-order valence-electron chi connectivity index (χ4n) is 3.26. The van der Waals surface area contributed by atoms with Gasteiger partial charge in [0, 0.05) is 19.2 Å². The van der Waals surface area contributed by atoms with Gasteiger partial charge in [0.1, 0.15) is 5.82 Å². The second-order valence-corrected chi connectivity index (χ2v) is 6.11. The Balaban J connectivity index is 1.61. The fourth-order valence-corrected chi connectivity index (χ4v) is 3.26. The first kappa shape index (κ1) is 15.7. The number of aromatic nitrogens is 2. The minimum atomic E-state index is -0.234. The van der Waals surface area contributed by atoms with Gasteiger partial charge in [-0.25, -0.2) is 4.39 Å². The largest absolute Gasteiger partial charge is 0.336 e. The summed E-state index contributed by atoms with van der Waals surface area (Å²) < 4.78 is 13.1. The minimum Gasteiger partial charge on any atom is -0.336 e. The number of rotatable bonds is 5. The van der Waals surface area contributed by atoms with Crippen molar-refractivity contribution in [1.82, 2.24) is 15.1 Å². The van der Waals surface area contributed by atoms with Crippen LogP contribution >= 0.6 is 0 Å². The molecule has 122 valence electrons. The molecule has 3 rings (SSSR count). The summed E-state index contributed by atoms with van der Waals surface area (Å²) in [6, 6.07) is 6.65. The molecule has 1 amide bonds. The van der Waals surface area contributed by atoms with Gasteiger partial charge in [-0.05, 0) is 55.4 Å². The highest BCUT2D eigenvalue weighted by Crippen LogP contribution is 2.31. The Morgan fingerprint density at radius 1 is 1.30 bits per heavy atom. The van der Waals surface area contributed by atoms with Crippen LogP contribution in [0.4, 0.5) is 4.39 Å². The first-order chi connectivity index (χ1) is 11.2. The highest BCUT2D eigenvalue weighted by molar-refractivity contribution is 5.76. The molecule has 1 aromatic carbocycles. The van der Waals surface area contributed by atoms with E-state index in [0.29, 0.717) is 6.42 Å². The standard InChI is InChI=1S/C18H22FN3O/c19-16-9-7-15(8-10-16)17-5-1-2-11-22(17)18(23)6-3-4-14-12-20-21-13-14/h7-10,12-13,17H,1-6,11H2,(H,20,21)/t17-/m1/s1. The van der Waals surface area contributed by atoms with E-state index in [-0.39, 0.29) is 17.8 Å². The van der Waals surface area contributed by atoms with Crippen molar-refractivity contribution in [1.29, 1.82) is 0 Å². The van der Waals surface area contributed by atoms with Gasteiger partial charge < -0.3 is 4.90 Å². The maximum Gasteiger partial charge on any atom is 0.223 e. The van der Waals surface area contributed by atoms with Gasteiger partial charge in [0.15, 0.2) is 0 Å². The monoisotopic (exact) mass is 315 g/mol. The van der Waals surface area contributed by atoms with Gasteiger partial charge in [0.25, 0.3) is 0 Å². The van der Waals surface area contributed by atoms with Crippen LogP contribution < -0.4 is 0 Å². The summed E-state index contributed by atoms with van der Waals surface area (Å²) in [5.74, 6) is -0.0370. The fraction of sp³-hybridized carbons (Fsp3) is 0.444. The molecule has 1 aromatic heterocycles. The molecular weight excluding hydrogens is 293 g/mol. The molecule has 1 aliphatic rings. The lowest BCUT2D eigenvalue weighted by Gasteiger charge is -2.36. The Labute approximate surface area is 135 Å². The molecule has 5 heteroatoms. The summed E-state index contributed by atoms with van der Waals surface area (Å²) in [7, 11) is 0. The number of piperidine rings is 1. The molecule has 23 heavy (non-hydrogen) atoms. The van der Waals surface area contributed by atoms with Gasteiger partial charge in [0.05, 0.1) is 12.2 Å². The van der Waals surface area contributed by atoms with Gasteiger partial charge in [-0.3, -0.25) is 9.89 Å². The smallest absolute Gasteiger partial charge is 0.223 e. The number of carbonyl (C=O) groups excluding carboxylic acids is 1. The molecule has 4 nitrogen and oxygen atoms in total. The van der Waals surface area contributed by atoms with E-state index >= 15 is 0 Å². The molecule has 1 atom stereocenters. The second-order valence-electron chi connectivity index (χ2n) is 6.11. The van der Waals surface area contributed by atoms with Crippen molar-refractivity contribution in [3.8, 4) is 0 Å². The zero-order valence-corrected chi connectivity index (χ0v) is 13.2. The maximum absolute atomic E-state index is 13.1. The lowest BCUT2D eigenvalue weighted by Crippen LogP contribution is -2.38. The number of hydrogen-bond donors (Lipinski definition) is 1. The molecule has 0 aliphatic carbocycles. The number of carbonyl (C=O) groups is 1. The number of likely N-dealkylation sites (tertiary alicyclic amines) is 1. The predicted molar refractivity (Wildman–Crippen MR) is 86.2 cm³/mol. The SMILES string of the molecule is O=C(CCCc1cn[nH]c1)N1CCCC[C@@H]1c1ccc(F)cc1. The molecule has 0 radical (unpaired) electrons. The van der Waals surface area contributed by atoms with Crippen LogP contribution in [-0.2, 0) is 11.2 Å². The van der Waals surface area contributed by atoms with Crippen LogP contribution in [0.2, 0.25) is 0 Å². The van der Waals surface area contributed by atoms with Crippen LogP contribution in [0.5, 0.6) is 0 Å². The number of H-pyrrole nitrogens is 1. The van der Waals surface area contributed by atoms with Crippen molar-refractivity contribution in [3.63, 3.8) is 0 Å². The van der Waals surface area contributed by atoms with E-state index in [4.69, 9.17) is 0 Å². The van der Waals surface area contributed by atoms with Crippen molar-refractivity contribution >= 4 is 5.91 Å². The van der Waals surface area contributed by atoms with E-state index in [0.717, 1.165) is 49.8 Å². The average molecular weight is 315 g/mol. The van der Waals surface area contributed by atoms with E-state index in [1.807, 2.05) is 11.1 Å². The molecule has 1 saturated heterocycles. The third kappa shape index (κ3) is 3.97. The van der Waals surface area contributed by atoms with Crippen molar-refractivity contribution in [2.45, 2.75) is 44.6 Å². The topological polar surface area (TPSA) is 49.0 Å². The van der Waals surface area contributed by atoms with Gasteiger partial charge >= 0.3 is 0 Å². The number of benzene rings is 1. The molecule has 2 heterocycles. The highest BCUT2D eigenvalue weighted by Gasteiger charge is 2.27. The molecule has 0 spiro atoms. The van der Waals surface area contributed by atoms with E-state index in [2.05, 4.69) is 10.2 Å². The number of aromatic amines is 1. The lowest BCUT2D eigenvalue weighted by molar-refractivity contribution is -0.135. The minimum absolute atomic E-state index is 0.0887. The zero-order chi connectivity index (χ0) is 16.1. The summed E-state index contributed by atoms with van der Waals surface area (Å²) in [6.45, 7) is 0.798. The Hall–Kier alpha value is -2.17. The molecule has 0 unspecified atom stereocenters. The molecule has 1 fully saturated rings. The third-order valence-corrected chi connectivity index (χ3v) is 4.49. The second kappa shape index (κ2) is 7.40. The first-order valence-electron chi connectivity index (χ1n) is 8.26. The van der Waals surface area contributed by atoms with Crippen LogP contribution in [0.1, 0.15) is 49.3 Å². The Morgan fingerprint density at radius 3 is 2.87 bits per heavy atom. The van der Waals surface area contributed by atoms with Crippen LogP contribution in [-0.4, -0.2) is 27.5 Å². The lowest BCUT2D eigenvalue weighted by atomic mass is 9.94. The molecule has 0 bridgehead atoms. The summed E-state index contributed by atoms with van der Waals surface area (Å²) in [6.07, 6.45) is 9.01. The summed E-state index contributed by atoms with van der Waals surface area (Å²) in [4.78, 5) is 14.6. The normalized spacial score (nSPS) is 18.1. The van der Waals surface area contributed by atoms with Gasteiger partial charge in [-0.1, -0.05) is 12.1 Å². The summed E-state index contributed by atoms with van der Waals surface area (Å²) >= 11 is 0. The first-order valence-corrected chi connectivity index (χ1v) is 8.26. The van der Waals surface area contributed by atoms with Gasteiger partial charge in [-0.15, -0.1) is 0 Å². The van der Waals surface area contributed by atoms with E-state index in [9.17, 15) is 9.18 Å². The predicted octanol–water partition coefficient (Wildman–Crippen LogP) is 3.63. The maximum atomic E-state index is 13.1. The van der Waals surface area contributed by atoms with Crippen LogP contribution in [0.3, 0.4) is 0 Å². The number of halogens is 1. The Kier molecular flexibility index (Phi) is 5.05. The van der Waals surface area contributed by atoms with Gasteiger partial charge in [0.2, 0.25) is 5.91 Å². The van der Waals surface area contributed by atoms with E-state index in [1.54, 1.807) is 18.3 Å². The molecule has 1 aliphatic heterocycles. The number of amides is 1. The third-order valence-electron chi connectivity index (χ3n) is 4.49. The molecular formula is C18H22FN3O.